The third kappa shape index (κ3) is 1.87. The Bertz CT molecular complexity index is 597. The first-order valence-electron chi connectivity index (χ1n) is 5.03. The predicted molar refractivity (Wildman–Crippen MR) is 62.4 cm³/mol. The van der Waals surface area contributed by atoms with E-state index >= 15 is 0 Å². The maximum atomic E-state index is 10.5. The van der Waals surface area contributed by atoms with Crippen LogP contribution in [0.25, 0.3) is 0 Å². The Labute approximate surface area is 102 Å². The molecule has 8 heteroatoms. The molecule has 92 valence electrons. The van der Waals surface area contributed by atoms with Crippen LogP contribution < -0.4 is 5.73 Å². The van der Waals surface area contributed by atoms with Gasteiger partial charge in [0.1, 0.15) is 16.8 Å². The molecule has 18 heavy (non-hydrogen) atoms. The number of hydrogen-bond acceptors (Lipinski definition) is 7. The van der Waals surface area contributed by atoms with Gasteiger partial charge in [0.25, 0.3) is 0 Å². The second-order valence-corrected chi connectivity index (χ2v) is 3.76. The molecule has 0 spiro atoms. The van der Waals surface area contributed by atoms with E-state index in [1.807, 2.05) is 6.07 Å². The molecule has 0 amide bonds. The first kappa shape index (κ1) is 11.9. The first-order chi connectivity index (χ1) is 8.46. The maximum absolute atomic E-state index is 10.5. The van der Waals surface area contributed by atoms with E-state index < -0.39 is 22.5 Å². The van der Waals surface area contributed by atoms with Crippen molar-refractivity contribution in [3.05, 3.63) is 28.0 Å². The summed E-state index contributed by atoms with van der Waals surface area (Å²) in [6.45, 7) is 1.70. The quantitative estimate of drug-likeness (QED) is 0.604. The van der Waals surface area contributed by atoms with Crippen molar-refractivity contribution in [2.24, 2.45) is 15.7 Å². The molecule has 2 N–H and O–H groups in total. The van der Waals surface area contributed by atoms with Gasteiger partial charge in [-0.15, -0.1) is 0 Å². The minimum absolute atomic E-state index is 0.101. The van der Waals surface area contributed by atoms with Gasteiger partial charge in [-0.05, 0) is 13.0 Å². The summed E-state index contributed by atoms with van der Waals surface area (Å²) >= 11 is 0. The van der Waals surface area contributed by atoms with Crippen LogP contribution in [0.5, 0.6) is 0 Å². The molecule has 0 fully saturated rings. The largest absolute Gasteiger partial charge is 0.433 e. The van der Waals surface area contributed by atoms with Gasteiger partial charge in [-0.1, -0.05) is 0 Å². The smallest absolute Gasteiger partial charge is 0.399 e. The fourth-order valence-electron chi connectivity index (χ4n) is 1.52. The molecule has 1 aliphatic rings. The van der Waals surface area contributed by atoms with E-state index in [0.717, 1.165) is 0 Å². The van der Waals surface area contributed by atoms with Gasteiger partial charge >= 0.3 is 5.88 Å². The van der Waals surface area contributed by atoms with Crippen LogP contribution >= 0.6 is 0 Å². The molecule has 0 bridgehead atoms. The topological polar surface area (TPSA) is 131 Å². The Kier molecular flexibility index (Phi) is 2.68. The van der Waals surface area contributed by atoms with E-state index in [0.29, 0.717) is 0 Å². The molecule has 8 nitrogen and oxygen atoms in total. The van der Waals surface area contributed by atoms with Gasteiger partial charge in [0.15, 0.2) is 11.3 Å². The van der Waals surface area contributed by atoms with Gasteiger partial charge in [0.2, 0.25) is 0 Å². The SMILES string of the molecule is CC1N=CC(N)(C#N)C(c2ccc([N+](=O)[O-])o2)=N1. The van der Waals surface area contributed by atoms with Gasteiger partial charge in [-0.2, -0.15) is 5.26 Å². The van der Waals surface area contributed by atoms with Gasteiger partial charge in [0, 0.05) is 6.21 Å². The molecule has 1 aromatic heterocycles. The molecule has 1 aromatic rings. The van der Waals surface area contributed by atoms with Crippen LogP contribution in [-0.2, 0) is 0 Å². The molecule has 0 saturated heterocycles. The molecular formula is C10H9N5O3. The summed E-state index contributed by atoms with van der Waals surface area (Å²) in [5.74, 6) is -0.327. The lowest BCUT2D eigenvalue weighted by atomic mass is 9.94. The van der Waals surface area contributed by atoms with Crippen LogP contribution in [0, 0.1) is 21.4 Å². The van der Waals surface area contributed by atoms with Crippen molar-refractivity contribution in [2.75, 3.05) is 0 Å². The lowest BCUT2D eigenvalue weighted by Gasteiger charge is -2.22. The summed E-state index contributed by atoms with van der Waals surface area (Å²) in [7, 11) is 0. The summed E-state index contributed by atoms with van der Waals surface area (Å²) in [4.78, 5) is 17.9. The lowest BCUT2D eigenvalue weighted by molar-refractivity contribution is -0.402. The highest BCUT2D eigenvalue weighted by Crippen LogP contribution is 2.22. The van der Waals surface area contributed by atoms with Crippen LogP contribution in [0.15, 0.2) is 26.5 Å². The maximum Gasteiger partial charge on any atom is 0.433 e. The number of rotatable bonds is 2. The molecule has 0 saturated carbocycles. The number of nitrogens with two attached hydrogens (primary N) is 1. The van der Waals surface area contributed by atoms with Crippen molar-refractivity contribution in [1.29, 1.82) is 5.26 Å². The van der Waals surface area contributed by atoms with Crippen molar-refractivity contribution in [2.45, 2.75) is 18.6 Å². The Hall–Kier alpha value is -2.53. The van der Waals surface area contributed by atoms with Crippen molar-refractivity contribution in [3.63, 3.8) is 0 Å². The van der Waals surface area contributed by atoms with E-state index in [-0.39, 0.29) is 11.5 Å². The van der Waals surface area contributed by atoms with Gasteiger partial charge < -0.3 is 10.2 Å². The number of nitro groups is 1. The van der Waals surface area contributed by atoms with Gasteiger partial charge in [-0.25, -0.2) is 0 Å². The average molecular weight is 247 g/mol. The van der Waals surface area contributed by atoms with Gasteiger partial charge in [-0.3, -0.25) is 20.1 Å². The summed E-state index contributed by atoms with van der Waals surface area (Å²) in [5, 5.41) is 19.6. The fourth-order valence-corrected chi connectivity index (χ4v) is 1.52. The molecule has 2 heterocycles. The van der Waals surface area contributed by atoms with Crippen LogP contribution in [-0.4, -0.2) is 28.6 Å². The molecule has 0 radical (unpaired) electrons. The summed E-state index contributed by atoms with van der Waals surface area (Å²) in [6, 6.07) is 4.41. The molecule has 2 unspecified atom stereocenters. The third-order valence-corrected chi connectivity index (χ3v) is 2.39. The number of hydrogen-bond donors (Lipinski definition) is 1. The Morgan fingerprint density at radius 1 is 1.67 bits per heavy atom. The van der Waals surface area contributed by atoms with Crippen LogP contribution in [0.2, 0.25) is 0 Å². The van der Waals surface area contributed by atoms with E-state index in [1.54, 1.807) is 6.92 Å². The highest BCUT2D eigenvalue weighted by atomic mass is 16.6. The number of furan rings is 1. The van der Waals surface area contributed by atoms with E-state index in [1.165, 1.54) is 18.3 Å². The molecular weight excluding hydrogens is 238 g/mol. The fraction of sp³-hybridized carbons (Fsp3) is 0.300. The number of nitriles is 1. The molecule has 1 aliphatic heterocycles. The Morgan fingerprint density at radius 3 is 2.94 bits per heavy atom. The molecule has 2 atom stereocenters. The van der Waals surface area contributed by atoms with Crippen molar-refractivity contribution in [3.8, 4) is 6.07 Å². The summed E-state index contributed by atoms with van der Waals surface area (Å²) in [6.07, 6.45) is 0.864. The van der Waals surface area contributed by atoms with Crippen molar-refractivity contribution >= 4 is 17.8 Å². The van der Waals surface area contributed by atoms with Crippen molar-refractivity contribution in [1.82, 2.24) is 0 Å². The van der Waals surface area contributed by atoms with E-state index in [2.05, 4.69) is 9.98 Å². The normalized spacial score (nSPS) is 26.5. The molecule has 0 aromatic carbocycles. The van der Waals surface area contributed by atoms with Crippen LogP contribution in [0.3, 0.4) is 0 Å². The standard InChI is InChI=1S/C10H9N5O3/c1-6-13-5-10(12,4-11)9(14-6)7-2-3-8(18-7)15(16)17/h2-3,5-6H,12H2,1H3. The summed E-state index contributed by atoms with van der Waals surface area (Å²) in [5.41, 5.74) is 4.42. The number of nitrogens with zero attached hydrogens (tertiary/aromatic N) is 4. The minimum atomic E-state index is -1.53. The number of aliphatic imine (C=N–C) groups is 2. The predicted octanol–water partition coefficient (Wildman–Crippen LogP) is 0.628. The zero-order valence-corrected chi connectivity index (χ0v) is 9.40. The molecule has 2 rings (SSSR count). The minimum Gasteiger partial charge on any atom is -0.399 e. The first-order valence-corrected chi connectivity index (χ1v) is 5.03. The molecule has 0 aliphatic carbocycles. The van der Waals surface area contributed by atoms with E-state index in [4.69, 9.17) is 15.4 Å². The Balaban J connectivity index is 2.47. The second kappa shape index (κ2) is 4.05. The van der Waals surface area contributed by atoms with Gasteiger partial charge in [0.05, 0.1) is 12.1 Å². The van der Waals surface area contributed by atoms with Crippen LogP contribution in [0.1, 0.15) is 12.7 Å². The Morgan fingerprint density at radius 2 is 2.39 bits per heavy atom. The summed E-state index contributed by atoms with van der Waals surface area (Å²) < 4.78 is 5.01. The second-order valence-electron chi connectivity index (χ2n) is 3.76. The lowest BCUT2D eigenvalue weighted by Crippen LogP contribution is -2.50. The van der Waals surface area contributed by atoms with E-state index in [9.17, 15) is 10.1 Å². The zero-order chi connectivity index (χ0) is 13.3. The zero-order valence-electron chi connectivity index (χ0n) is 9.40. The highest BCUT2D eigenvalue weighted by Gasteiger charge is 2.36. The highest BCUT2D eigenvalue weighted by molar-refractivity contribution is 6.18. The average Bonchev–Trinajstić information content (AvgIpc) is 2.82. The van der Waals surface area contributed by atoms with Crippen LogP contribution in [0.4, 0.5) is 5.88 Å². The van der Waals surface area contributed by atoms with Crippen molar-refractivity contribution < 1.29 is 9.34 Å². The third-order valence-electron chi connectivity index (χ3n) is 2.39. The monoisotopic (exact) mass is 247 g/mol.